The highest BCUT2D eigenvalue weighted by Crippen LogP contribution is 2.13. The molecule has 1 unspecified atom stereocenters. The van der Waals surface area contributed by atoms with Crippen LogP contribution in [0.3, 0.4) is 0 Å². The maximum Gasteiger partial charge on any atom is 0.314 e. The molecule has 0 saturated carbocycles. The second-order valence-corrected chi connectivity index (χ2v) is 2.68. The lowest BCUT2D eigenvalue weighted by Crippen LogP contribution is -2.33. The molecule has 0 aromatic heterocycles. The lowest BCUT2D eigenvalue weighted by Gasteiger charge is -2.10. The van der Waals surface area contributed by atoms with Gasteiger partial charge in [0.2, 0.25) is 0 Å². The molecule has 1 aliphatic rings. The van der Waals surface area contributed by atoms with Crippen LogP contribution in [0.4, 0.5) is 4.79 Å². The zero-order valence-corrected chi connectivity index (χ0v) is 5.63. The predicted octanol–water partition coefficient (Wildman–Crippen LogP) is 0.407. The monoisotopic (exact) mass is 128 g/mol. The molecule has 0 aromatic rings. The molecule has 1 heterocycles. The van der Waals surface area contributed by atoms with E-state index in [1.54, 1.807) is 4.90 Å². The molecule has 9 heavy (non-hydrogen) atoms. The Morgan fingerprint density at radius 3 is 2.67 bits per heavy atom. The minimum Gasteiger partial charge on any atom is -0.351 e. The average molecular weight is 128 g/mol. The van der Waals surface area contributed by atoms with Crippen LogP contribution in [0, 0.1) is 5.92 Å². The van der Waals surface area contributed by atoms with E-state index in [4.69, 9.17) is 5.73 Å². The highest BCUT2D eigenvalue weighted by Gasteiger charge is 2.20. The average Bonchev–Trinajstić information content (AvgIpc) is 2.14. The number of primary amides is 1. The lowest BCUT2D eigenvalue weighted by atomic mass is 10.2. The van der Waals surface area contributed by atoms with Crippen molar-refractivity contribution in [1.82, 2.24) is 4.90 Å². The maximum atomic E-state index is 10.5. The zero-order valence-electron chi connectivity index (χ0n) is 5.63. The molecule has 1 fully saturated rings. The van der Waals surface area contributed by atoms with Crippen LogP contribution in [0.5, 0.6) is 0 Å². The molecule has 3 nitrogen and oxygen atoms in total. The van der Waals surface area contributed by atoms with Crippen molar-refractivity contribution in [1.29, 1.82) is 0 Å². The first kappa shape index (κ1) is 6.39. The Labute approximate surface area is 54.8 Å². The van der Waals surface area contributed by atoms with E-state index in [-0.39, 0.29) is 6.03 Å². The van der Waals surface area contributed by atoms with Gasteiger partial charge in [0.15, 0.2) is 0 Å². The predicted molar refractivity (Wildman–Crippen MR) is 34.9 cm³/mol. The number of nitrogens with two attached hydrogens (primary N) is 1. The number of rotatable bonds is 0. The molecule has 1 aliphatic heterocycles. The smallest absolute Gasteiger partial charge is 0.314 e. The van der Waals surface area contributed by atoms with Crippen molar-refractivity contribution in [3.8, 4) is 0 Å². The molecule has 1 atom stereocenters. The largest absolute Gasteiger partial charge is 0.351 e. The van der Waals surface area contributed by atoms with E-state index >= 15 is 0 Å². The van der Waals surface area contributed by atoms with Gasteiger partial charge in [-0.2, -0.15) is 0 Å². The van der Waals surface area contributed by atoms with Crippen LogP contribution in [-0.4, -0.2) is 24.0 Å². The molecule has 1 rings (SSSR count). The SMILES string of the molecule is CC1CCN(C(N)=O)C1. The Morgan fingerprint density at radius 2 is 2.44 bits per heavy atom. The van der Waals surface area contributed by atoms with E-state index < -0.39 is 0 Å². The van der Waals surface area contributed by atoms with Gasteiger partial charge in [-0.3, -0.25) is 0 Å². The van der Waals surface area contributed by atoms with Crippen LogP contribution in [0.25, 0.3) is 0 Å². The number of likely N-dealkylation sites (tertiary alicyclic amines) is 1. The van der Waals surface area contributed by atoms with Crippen molar-refractivity contribution < 1.29 is 4.79 Å². The summed E-state index contributed by atoms with van der Waals surface area (Å²) in [5, 5.41) is 0. The van der Waals surface area contributed by atoms with Gasteiger partial charge < -0.3 is 10.6 Å². The van der Waals surface area contributed by atoms with Gasteiger partial charge in [0.25, 0.3) is 0 Å². The fourth-order valence-corrected chi connectivity index (χ4v) is 1.14. The van der Waals surface area contributed by atoms with Crippen molar-refractivity contribution in [2.75, 3.05) is 13.1 Å². The van der Waals surface area contributed by atoms with E-state index in [0.717, 1.165) is 19.5 Å². The molecule has 0 aromatic carbocycles. The highest BCUT2D eigenvalue weighted by molar-refractivity contribution is 5.72. The van der Waals surface area contributed by atoms with Crippen LogP contribution >= 0.6 is 0 Å². The summed E-state index contributed by atoms with van der Waals surface area (Å²) in [6.07, 6.45) is 1.10. The van der Waals surface area contributed by atoms with E-state index in [2.05, 4.69) is 6.92 Å². The first-order valence-electron chi connectivity index (χ1n) is 3.24. The Hall–Kier alpha value is -0.730. The molecule has 0 spiro atoms. The molecule has 1 saturated heterocycles. The second-order valence-electron chi connectivity index (χ2n) is 2.68. The minimum atomic E-state index is -0.278. The summed E-state index contributed by atoms with van der Waals surface area (Å²) in [7, 11) is 0. The first-order chi connectivity index (χ1) is 4.20. The zero-order chi connectivity index (χ0) is 6.85. The fourth-order valence-electron chi connectivity index (χ4n) is 1.14. The third-order valence-corrected chi connectivity index (χ3v) is 1.74. The standard InChI is InChI=1S/C6H12N2O/c1-5-2-3-8(4-5)6(7)9/h5H,2-4H2,1H3,(H2,7,9). The maximum absolute atomic E-state index is 10.5. The first-order valence-corrected chi connectivity index (χ1v) is 3.24. The van der Waals surface area contributed by atoms with Crippen LogP contribution in [0.15, 0.2) is 0 Å². The molecule has 52 valence electrons. The van der Waals surface area contributed by atoms with Crippen molar-refractivity contribution >= 4 is 6.03 Å². The topological polar surface area (TPSA) is 46.3 Å². The number of carbonyl (C=O) groups is 1. The summed E-state index contributed by atoms with van der Waals surface area (Å²) in [5.41, 5.74) is 5.05. The van der Waals surface area contributed by atoms with Gasteiger partial charge >= 0.3 is 6.03 Å². The van der Waals surface area contributed by atoms with E-state index in [1.165, 1.54) is 0 Å². The highest BCUT2D eigenvalue weighted by atomic mass is 16.2. The van der Waals surface area contributed by atoms with Gasteiger partial charge in [-0.15, -0.1) is 0 Å². The normalized spacial score (nSPS) is 26.8. The summed E-state index contributed by atoms with van der Waals surface area (Å²) < 4.78 is 0. The van der Waals surface area contributed by atoms with Gasteiger partial charge in [0.1, 0.15) is 0 Å². The van der Waals surface area contributed by atoms with Gasteiger partial charge in [-0.25, -0.2) is 4.79 Å². The molecule has 2 amide bonds. The summed E-state index contributed by atoms with van der Waals surface area (Å²) >= 11 is 0. The quantitative estimate of drug-likeness (QED) is 0.504. The van der Waals surface area contributed by atoms with Gasteiger partial charge in [0, 0.05) is 13.1 Å². The van der Waals surface area contributed by atoms with E-state index in [9.17, 15) is 4.79 Å². The van der Waals surface area contributed by atoms with Crippen molar-refractivity contribution in [2.24, 2.45) is 11.7 Å². The summed E-state index contributed by atoms with van der Waals surface area (Å²) in [6.45, 7) is 3.81. The van der Waals surface area contributed by atoms with Crippen molar-refractivity contribution in [2.45, 2.75) is 13.3 Å². The van der Waals surface area contributed by atoms with E-state index in [0.29, 0.717) is 5.92 Å². The van der Waals surface area contributed by atoms with Crippen LogP contribution < -0.4 is 5.73 Å². The number of hydrogen-bond acceptors (Lipinski definition) is 1. The van der Waals surface area contributed by atoms with Crippen LogP contribution in [0.2, 0.25) is 0 Å². The molecular formula is C6H12N2O. The Kier molecular flexibility index (Phi) is 1.60. The molecule has 2 N–H and O–H groups in total. The third kappa shape index (κ3) is 1.34. The number of amides is 2. The Morgan fingerprint density at radius 1 is 1.78 bits per heavy atom. The Bertz CT molecular complexity index is 124. The van der Waals surface area contributed by atoms with Gasteiger partial charge in [-0.05, 0) is 12.3 Å². The molecular weight excluding hydrogens is 116 g/mol. The molecule has 3 heteroatoms. The van der Waals surface area contributed by atoms with Gasteiger partial charge in [-0.1, -0.05) is 6.92 Å². The number of nitrogens with zero attached hydrogens (tertiary/aromatic N) is 1. The number of hydrogen-bond donors (Lipinski definition) is 1. The number of urea groups is 1. The molecule has 0 bridgehead atoms. The van der Waals surface area contributed by atoms with E-state index in [1.807, 2.05) is 0 Å². The van der Waals surface area contributed by atoms with Crippen LogP contribution in [-0.2, 0) is 0 Å². The van der Waals surface area contributed by atoms with Crippen molar-refractivity contribution in [3.63, 3.8) is 0 Å². The molecule has 0 aliphatic carbocycles. The summed E-state index contributed by atoms with van der Waals surface area (Å²) in [6, 6.07) is -0.278. The van der Waals surface area contributed by atoms with Crippen LogP contribution in [0.1, 0.15) is 13.3 Å². The molecule has 0 radical (unpaired) electrons. The lowest BCUT2D eigenvalue weighted by molar-refractivity contribution is 0.217. The Balaban J connectivity index is 2.39. The van der Waals surface area contributed by atoms with Gasteiger partial charge in [0.05, 0.1) is 0 Å². The summed E-state index contributed by atoms with van der Waals surface area (Å²) in [5.74, 6) is 0.637. The summed E-state index contributed by atoms with van der Waals surface area (Å²) in [4.78, 5) is 12.2. The fraction of sp³-hybridized carbons (Fsp3) is 0.833. The minimum absolute atomic E-state index is 0.278. The third-order valence-electron chi connectivity index (χ3n) is 1.74. The van der Waals surface area contributed by atoms with Crippen molar-refractivity contribution in [3.05, 3.63) is 0 Å². The number of carbonyl (C=O) groups excluding carboxylic acids is 1. The second kappa shape index (κ2) is 2.25.